The number of amides is 1. The molecular weight excluding hydrogens is 521 g/mol. The molecule has 1 aromatic carbocycles. The van der Waals surface area contributed by atoms with Crippen molar-refractivity contribution < 1.29 is 4.79 Å². The number of rotatable bonds is 7. The van der Waals surface area contributed by atoms with Crippen molar-refractivity contribution in [2.24, 2.45) is 10.9 Å². The normalized spacial score (nSPS) is 18.0. The van der Waals surface area contributed by atoms with E-state index in [0.29, 0.717) is 11.8 Å². The molecule has 1 saturated carbocycles. The lowest BCUT2D eigenvalue weighted by atomic mass is 10.1. The largest absolute Gasteiger partial charge is 0.355 e. The van der Waals surface area contributed by atoms with Crippen molar-refractivity contribution in [1.29, 1.82) is 0 Å². The number of benzene rings is 1. The number of guanidine groups is 1. The van der Waals surface area contributed by atoms with Crippen molar-refractivity contribution >= 4 is 47.6 Å². The first kappa shape index (κ1) is 26.3. The lowest BCUT2D eigenvalue weighted by molar-refractivity contribution is -0.137. The zero-order chi connectivity index (χ0) is 21.3. The Labute approximate surface area is 209 Å². The maximum atomic E-state index is 12.6. The number of thioether (sulfide) groups is 1. The molecule has 1 aliphatic carbocycles. The van der Waals surface area contributed by atoms with Crippen LogP contribution in [0, 0.1) is 5.92 Å². The van der Waals surface area contributed by atoms with Gasteiger partial charge >= 0.3 is 0 Å². The molecule has 0 atom stereocenters. The first-order chi connectivity index (χ1) is 14.6. The molecule has 0 radical (unpaired) electrons. The highest BCUT2D eigenvalue weighted by atomic mass is 127. The number of nitrogens with zero attached hydrogens (tertiary/aromatic N) is 4. The summed E-state index contributed by atoms with van der Waals surface area (Å²) in [7, 11) is 3.91. The van der Waals surface area contributed by atoms with E-state index >= 15 is 0 Å². The molecule has 1 N–H and O–H groups in total. The summed E-state index contributed by atoms with van der Waals surface area (Å²) in [5.74, 6) is 1.62. The molecule has 31 heavy (non-hydrogen) atoms. The number of carbonyl (C=O) groups is 1. The molecule has 2 aliphatic rings. The number of halogens is 1. The standard InChI is InChI=1S/C23H37N5OS.HI/c1-24-23(26(2)18-19-8-10-21(30-3)11-9-19)25-12-13-27-14-16-28(17-15-27)22(29)20-6-4-5-7-20;/h8-11,20H,4-7,12-18H2,1-3H3,(H,24,25);1H. The molecule has 3 rings (SSSR count). The number of carbonyl (C=O) groups excluding carboxylic acids is 1. The first-order valence-electron chi connectivity index (χ1n) is 11.2. The smallest absolute Gasteiger partial charge is 0.225 e. The van der Waals surface area contributed by atoms with Crippen LogP contribution in [0.2, 0.25) is 0 Å². The van der Waals surface area contributed by atoms with E-state index < -0.39 is 0 Å². The molecular formula is C23H38IN5OS. The van der Waals surface area contributed by atoms with E-state index in [2.05, 4.69) is 62.6 Å². The van der Waals surface area contributed by atoms with Gasteiger partial charge in [0.1, 0.15) is 0 Å². The van der Waals surface area contributed by atoms with Gasteiger partial charge in [-0.25, -0.2) is 0 Å². The summed E-state index contributed by atoms with van der Waals surface area (Å²) in [6, 6.07) is 8.70. The van der Waals surface area contributed by atoms with Crippen LogP contribution in [0.25, 0.3) is 0 Å². The van der Waals surface area contributed by atoms with Gasteiger partial charge < -0.3 is 15.1 Å². The minimum atomic E-state index is 0. The van der Waals surface area contributed by atoms with E-state index in [4.69, 9.17) is 0 Å². The molecule has 0 aromatic heterocycles. The third-order valence-electron chi connectivity index (χ3n) is 6.25. The monoisotopic (exact) mass is 559 g/mol. The van der Waals surface area contributed by atoms with Gasteiger partial charge in [0.05, 0.1) is 0 Å². The van der Waals surface area contributed by atoms with E-state index in [0.717, 1.165) is 64.6 Å². The molecule has 1 heterocycles. The van der Waals surface area contributed by atoms with Crippen molar-refractivity contribution in [3.05, 3.63) is 29.8 Å². The van der Waals surface area contributed by atoms with Crippen LogP contribution in [0.4, 0.5) is 0 Å². The molecule has 0 bridgehead atoms. The predicted molar refractivity (Wildman–Crippen MR) is 141 cm³/mol. The molecule has 1 aliphatic heterocycles. The molecule has 0 spiro atoms. The van der Waals surface area contributed by atoms with E-state index in [-0.39, 0.29) is 24.0 Å². The van der Waals surface area contributed by atoms with Gasteiger partial charge in [0, 0.05) is 70.7 Å². The summed E-state index contributed by atoms with van der Waals surface area (Å²) in [6.07, 6.45) is 6.73. The lowest BCUT2D eigenvalue weighted by Gasteiger charge is -2.36. The number of nitrogens with one attached hydrogen (secondary N) is 1. The van der Waals surface area contributed by atoms with Crippen LogP contribution in [-0.2, 0) is 11.3 Å². The topological polar surface area (TPSA) is 51.2 Å². The van der Waals surface area contributed by atoms with Crippen LogP contribution in [0.3, 0.4) is 0 Å². The summed E-state index contributed by atoms with van der Waals surface area (Å²) in [6.45, 7) is 6.34. The summed E-state index contributed by atoms with van der Waals surface area (Å²) in [5.41, 5.74) is 1.28. The van der Waals surface area contributed by atoms with E-state index in [1.165, 1.54) is 23.3 Å². The zero-order valence-corrected chi connectivity index (χ0v) is 22.3. The summed E-state index contributed by atoms with van der Waals surface area (Å²) in [5, 5.41) is 3.49. The fourth-order valence-corrected chi connectivity index (χ4v) is 4.82. The molecule has 1 amide bonds. The maximum Gasteiger partial charge on any atom is 0.225 e. The molecule has 0 unspecified atom stereocenters. The second kappa shape index (κ2) is 13.5. The van der Waals surface area contributed by atoms with Crippen LogP contribution in [0.1, 0.15) is 31.2 Å². The van der Waals surface area contributed by atoms with Gasteiger partial charge in [0.15, 0.2) is 5.96 Å². The van der Waals surface area contributed by atoms with Crippen molar-refractivity contribution in [2.45, 2.75) is 37.1 Å². The summed E-state index contributed by atoms with van der Waals surface area (Å²) >= 11 is 1.76. The molecule has 8 heteroatoms. The molecule has 1 aromatic rings. The summed E-state index contributed by atoms with van der Waals surface area (Å²) in [4.78, 5) is 25.0. The van der Waals surface area contributed by atoms with Gasteiger partial charge in [0.25, 0.3) is 0 Å². The molecule has 1 saturated heterocycles. The Morgan fingerprint density at radius 2 is 1.81 bits per heavy atom. The van der Waals surface area contributed by atoms with Gasteiger partial charge in [-0.2, -0.15) is 0 Å². The number of hydrogen-bond acceptors (Lipinski definition) is 4. The quantitative estimate of drug-likeness (QED) is 0.241. The highest BCUT2D eigenvalue weighted by Crippen LogP contribution is 2.26. The highest BCUT2D eigenvalue weighted by molar-refractivity contribution is 14.0. The minimum absolute atomic E-state index is 0. The molecule has 174 valence electrons. The predicted octanol–water partition coefficient (Wildman–Crippen LogP) is 3.37. The Balaban J connectivity index is 0.00000341. The van der Waals surface area contributed by atoms with Crippen LogP contribution in [-0.4, -0.2) is 86.2 Å². The van der Waals surface area contributed by atoms with Crippen molar-refractivity contribution in [3.8, 4) is 0 Å². The van der Waals surface area contributed by atoms with Crippen molar-refractivity contribution in [2.75, 3.05) is 59.6 Å². The summed E-state index contributed by atoms with van der Waals surface area (Å²) < 4.78 is 0. The van der Waals surface area contributed by atoms with Gasteiger partial charge in [-0.3, -0.25) is 14.7 Å². The highest BCUT2D eigenvalue weighted by Gasteiger charge is 2.29. The van der Waals surface area contributed by atoms with E-state index in [9.17, 15) is 4.79 Å². The Morgan fingerprint density at radius 3 is 2.39 bits per heavy atom. The average molecular weight is 560 g/mol. The van der Waals surface area contributed by atoms with Crippen molar-refractivity contribution in [3.63, 3.8) is 0 Å². The molecule has 6 nitrogen and oxygen atoms in total. The van der Waals surface area contributed by atoms with E-state index in [1.807, 2.05) is 7.05 Å². The Hall–Kier alpha value is -1.000. The second-order valence-electron chi connectivity index (χ2n) is 8.33. The van der Waals surface area contributed by atoms with Crippen LogP contribution >= 0.6 is 35.7 Å². The maximum absolute atomic E-state index is 12.6. The lowest BCUT2D eigenvalue weighted by Crippen LogP contribution is -2.51. The van der Waals surface area contributed by atoms with E-state index in [1.54, 1.807) is 11.8 Å². The second-order valence-corrected chi connectivity index (χ2v) is 9.21. The fourth-order valence-electron chi connectivity index (χ4n) is 4.41. The number of piperazine rings is 1. The SMILES string of the molecule is CN=C(NCCN1CCN(C(=O)C2CCCC2)CC1)N(C)Cc1ccc(SC)cc1.I. The Kier molecular flexibility index (Phi) is 11.5. The van der Waals surface area contributed by atoms with Crippen molar-refractivity contribution in [1.82, 2.24) is 20.0 Å². The fraction of sp³-hybridized carbons (Fsp3) is 0.652. The number of aliphatic imine (C=N–C) groups is 1. The van der Waals surface area contributed by atoms with Gasteiger partial charge in [0.2, 0.25) is 5.91 Å². The number of hydrogen-bond donors (Lipinski definition) is 1. The van der Waals surface area contributed by atoms with Gasteiger partial charge in [-0.05, 0) is 36.8 Å². The van der Waals surface area contributed by atoms with Crippen LogP contribution in [0.15, 0.2) is 34.2 Å². The Morgan fingerprint density at radius 1 is 1.16 bits per heavy atom. The van der Waals surface area contributed by atoms with Crippen LogP contribution in [0.5, 0.6) is 0 Å². The minimum Gasteiger partial charge on any atom is -0.355 e. The zero-order valence-electron chi connectivity index (χ0n) is 19.2. The van der Waals surface area contributed by atoms with Crippen LogP contribution < -0.4 is 5.32 Å². The molecule has 2 fully saturated rings. The van der Waals surface area contributed by atoms with Gasteiger partial charge in [-0.1, -0.05) is 25.0 Å². The Bertz CT molecular complexity index is 700. The average Bonchev–Trinajstić information content (AvgIpc) is 3.32. The first-order valence-corrected chi connectivity index (χ1v) is 12.4. The van der Waals surface area contributed by atoms with Gasteiger partial charge in [-0.15, -0.1) is 35.7 Å². The third kappa shape index (κ3) is 7.82. The third-order valence-corrected chi connectivity index (χ3v) is 7.00.